The van der Waals surface area contributed by atoms with E-state index in [2.05, 4.69) is 30.9 Å². The normalized spacial score (nSPS) is 11.3. The van der Waals surface area contributed by atoms with Crippen molar-refractivity contribution in [2.75, 3.05) is 19.6 Å². The highest BCUT2D eigenvalue weighted by atomic mass is 32.1. The highest BCUT2D eigenvalue weighted by molar-refractivity contribution is 7.16. The second-order valence-electron chi connectivity index (χ2n) is 4.32. The van der Waals surface area contributed by atoms with Crippen molar-refractivity contribution in [1.29, 1.82) is 0 Å². The second-order valence-corrected chi connectivity index (χ2v) is 5.21. The van der Waals surface area contributed by atoms with Crippen molar-refractivity contribution < 1.29 is 9.36 Å². The van der Waals surface area contributed by atoms with Gasteiger partial charge in [0.05, 0.1) is 6.54 Å². The molecule has 0 N–H and O–H groups in total. The van der Waals surface area contributed by atoms with Crippen molar-refractivity contribution in [3.8, 4) is 0 Å². The summed E-state index contributed by atoms with van der Waals surface area (Å²) < 4.78 is 3.28. The van der Waals surface area contributed by atoms with E-state index in [4.69, 9.17) is 0 Å². The Morgan fingerprint density at radius 2 is 2.00 bits per heavy atom. The minimum atomic E-state index is 0.271. The molecule has 0 aliphatic rings. The van der Waals surface area contributed by atoms with Gasteiger partial charge in [0, 0.05) is 6.07 Å². The number of likely N-dealkylation sites (N-methyl/N-ethyl adjacent to an activating group) is 1. The van der Waals surface area contributed by atoms with E-state index < -0.39 is 0 Å². The van der Waals surface area contributed by atoms with Crippen LogP contribution in [-0.2, 0) is 11.3 Å². The van der Waals surface area contributed by atoms with E-state index in [0.717, 1.165) is 18.6 Å². The lowest BCUT2D eigenvalue weighted by Gasteiger charge is -2.15. The SMILES string of the molecule is CCN(CC)CC(=O)C[n+]1csc2ccccc21. The van der Waals surface area contributed by atoms with Crippen LogP contribution in [0.2, 0.25) is 0 Å². The van der Waals surface area contributed by atoms with Gasteiger partial charge in [0.2, 0.25) is 23.4 Å². The first-order chi connectivity index (χ1) is 8.74. The fourth-order valence-corrected chi connectivity index (χ4v) is 2.92. The van der Waals surface area contributed by atoms with E-state index in [1.54, 1.807) is 11.3 Å². The van der Waals surface area contributed by atoms with Gasteiger partial charge in [0.25, 0.3) is 0 Å². The lowest BCUT2D eigenvalue weighted by atomic mass is 10.3. The van der Waals surface area contributed by atoms with E-state index >= 15 is 0 Å². The lowest BCUT2D eigenvalue weighted by Crippen LogP contribution is -2.41. The maximum absolute atomic E-state index is 12.0. The Morgan fingerprint density at radius 1 is 1.28 bits per heavy atom. The molecule has 0 unspecified atom stereocenters. The van der Waals surface area contributed by atoms with Crippen molar-refractivity contribution in [3.63, 3.8) is 0 Å². The van der Waals surface area contributed by atoms with Crippen molar-refractivity contribution in [2.24, 2.45) is 0 Å². The number of thiazole rings is 1. The Morgan fingerprint density at radius 3 is 2.72 bits per heavy atom. The Kier molecular flexibility index (Phi) is 4.44. The molecule has 4 heteroatoms. The molecule has 0 amide bonds. The molecular formula is C14H19N2OS+. The molecule has 18 heavy (non-hydrogen) atoms. The number of carbonyl (C=O) groups is 1. The number of hydrogen-bond acceptors (Lipinski definition) is 3. The highest BCUT2D eigenvalue weighted by Gasteiger charge is 2.16. The van der Waals surface area contributed by atoms with Crippen LogP contribution in [0, 0.1) is 0 Å². The van der Waals surface area contributed by atoms with Crippen LogP contribution < -0.4 is 4.57 Å². The maximum atomic E-state index is 12.0. The van der Waals surface area contributed by atoms with E-state index in [9.17, 15) is 4.79 Å². The predicted molar refractivity (Wildman–Crippen MR) is 74.8 cm³/mol. The molecule has 0 aliphatic carbocycles. The summed E-state index contributed by atoms with van der Waals surface area (Å²) in [6.45, 7) is 7.05. The number of fused-ring (bicyclic) bond motifs is 1. The molecule has 0 saturated heterocycles. The fraction of sp³-hybridized carbons (Fsp3) is 0.429. The molecule has 2 rings (SSSR count). The van der Waals surface area contributed by atoms with Crippen molar-refractivity contribution >= 4 is 27.3 Å². The molecule has 1 aromatic carbocycles. The number of aromatic nitrogens is 1. The molecule has 1 aromatic heterocycles. The number of benzene rings is 1. The van der Waals surface area contributed by atoms with E-state index in [0.29, 0.717) is 13.1 Å². The van der Waals surface area contributed by atoms with E-state index in [1.807, 2.05) is 22.2 Å². The van der Waals surface area contributed by atoms with Crippen LogP contribution >= 0.6 is 11.3 Å². The standard InChI is InChI=1S/C14H19N2OS/c1-3-15(4-2)9-12(17)10-16-11-18-14-8-6-5-7-13(14)16/h5-8,11H,3-4,9-10H2,1-2H3/q+1. The van der Waals surface area contributed by atoms with Crippen LogP contribution in [0.4, 0.5) is 0 Å². The summed E-state index contributed by atoms with van der Waals surface area (Å²) in [4.78, 5) is 14.2. The average molecular weight is 263 g/mol. The third-order valence-electron chi connectivity index (χ3n) is 3.12. The summed E-state index contributed by atoms with van der Waals surface area (Å²) in [5.74, 6) is 0.271. The van der Waals surface area contributed by atoms with E-state index in [1.165, 1.54) is 4.70 Å². The smallest absolute Gasteiger partial charge is 0.226 e. The van der Waals surface area contributed by atoms with Crippen LogP contribution in [-0.4, -0.2) is 30.3 Å². The third-order valence-corrected chi connectivity index (χ3v) is 4.08. The topological polar surface area (TPSA) is 24.2 Å². The molecule has 0 fully saturated rings. The average Bonchev–Trinajstić information content (AvgIpc) is 2.79. The molecule has 2 aromatic rings. The van der Waals surface area contributed by atoms with Gasteiger partial charge in [-0.05, 0) is 19.2 Å². The first-order valence-electron chi connectivity index (χ1n) is 6.34. The Balaban J connectivity index is 2.07. The van der Waals surface area contributed by atoms with Gasteiger partial charge in [0.15, 0.2) is 0 Å². The van der Waals surface area contributed by atoms with Crippen LogP contribution in [0.3, 0.4) is 0 Å². The van der Waals surface area contributed by atoms with Gasteiger partial charge in [0.1, 0.15) is 4.70 Å². The molecule has 0 aliphatic heterocycles. The van der Waals surface area contributed by atoms with Crippen LogP contribution in [0.25, 0.3) is 10.2 Å². The zero-order valence-electron chi connectivity index (χ0n) is 10.9. The van der Waals surface area contributed by atoms with Crippen molar-refractivity contribution in [2.45, 2.75) is 20.4 Å². The summed E-state index contributed by atoms with van der Waals surface area (Å²) in [6.07, 6.45) is 0. The first kappa shape index (κ1) is 13.2. The number of Topliss-reactive ketones (excluding diaryl/α,β-unsaturated/α-hetero) is 1. The van der Waals surface area contributed by atoms with Gasteiger partial charge in [-0.15, -0.1) is 0 Å². The van der Waals surface area contributed by atoms with Gasteiger partial charge in [-0.25, -0.2) is 0 Å². The van der Waals surface area contributed by atoms with Gasteiger partial charge < -0.3 is 0 Å². The monoisotopic (exact) mass is 263 g/mol. The summed E-state index contributed by atoms with van der Waals surface area (Å²) in [6, 6.07) is 8.20. The zero-order valence-corrected chi connectivity index (χ0v) is 11.7. The number of nitrogens with zero attached hydrogens (tertiary/aromatic N) is 2. The molecule has 1 heterocycles. The molecular weight excluding hydrogens is 244 g/mol. The molecule has 0 spiro atoms. The molecule has 0 saturated carbocycles. The Hall–Kier alpha value is -1.26. The summed E-state index contributed by atoms with van der Waals surface area (Å²) in [5, 5.41) is 0. The van der Waals surface area contributed by atoms with Crippen LogP contribution in [0.15, 0.2) is 29.8 Å². The molecule has 3 nitrogen and oxygen atoms in total. The summed E-state index contributed by atoms with van der Waals surface area (Å²) in [5.41, 5.74) is 3.18. The third kappa shape index (κ3) is 2.94. The van der Waals surface area contributed by atoms with Crippen LogP contribution in [0.1, 0.15) is 13.8 Å². The van der Waals surface area contributed by atoms with Crippen molar-refractivity contribution in [3.05, 3.63) is 29.8 Å². The number of para-hydroxylation sites is 1. The number of rotatable bonds is 6. The second kappa shape index (κ2) is 6.07. The molecule has 0 bridgehead atoms. The minimum Gasteiger partial charge on any atom is -0.296 e. The number of ketones is 1. The van der Waals surface area contributed by atoms with Crippen LogP contribution in [0.5, 0.6) is 0 Å². The molecule has 96 valence electrons. The highest BCUT2D eigenvalue weighted by Crippen LogP contribution is 2.14. The van der Waals surface area contributed by atoms with Crippen molar-refractivity contribution in [1.82, 2.24) is 4.90 Å². The van der Waals surface area contributed by atoms with Gasteiger partial charge >= 0.3 is 0 Å². The first-order valence-corrected chi connectivity index (χ1v) is 7.22. The number of carbonyl (C=O) groups excluding carboxylic acids is 1. The largest absolute Gasteiger partial charge is 0.296 e. The van der Waals surface area contributed by atoms with Gasteiger partial charge in [-0.2, -0.15) is 4.57 Å². The summed E-state index contributed by atoms with van der Waals surface area (Å²) in [7, 11) is 0. The van der Waals surface area contributed by atoms with E-state index in [-0.39, 0.29) is 5.78 Å². The van der Waals surface area contributed by atoms with Gasteiger partial charge in [-0.3, -0.25) is 9.69 Å². The lowest BCUT2D eigenvalue weighted by molar-refractivity contribution is -0.653. The Bertz CT molecular complexity index is 531. The Labute approximate surface area is 112 Å². The quantitative estimate of drug-likeness (QED) is 0.745. The fourth-order valence-electron chi connectivity index (χ4n) is 2.03. The zero-order chi connectivity index (χ0) is 13.0. The maximum Gasteiger partial charge on any atom is 0.226 e. The van der Waals surface area contributed by atoms with Gasteiger partial charge in [-0.1, -0.05) is 37.3 Å². The summed E-state index contributed by atoms with van der Waals surface area (Å²) >= 11 is 1.68. The molecule has 0 atom stereocenters. The minimum absolute atomic E-state index is 0.271. The number of hydrogen-bond donors (Lipinski definition) is 0. The molecule has 0 radical (unpaired) electrons. The predicted octanol–water partition coefficient (Wildman–Crippen LogP) is 2.10.